The first-order valence-corrected chi connectivity index (χ1v) is 6.65. The fourth-order valence-corrected chi connectivity index (χ4v) is 2.55. The highest BCUT2D eigenvalue weighted by Gasteiger charge is 2.35. The van der Waals surface area contributed by atoms with Gasteiger partial charge in [-0.25, -0.2) is 17.5 Å². The van der Waals surface area contributed by atoms with Gasteiger partial charge in [-0.15, -0.1) is 12.4 Å². The van der Waals surface area contributed by atoms with Crippen molar-refractivity contribution in [2.45, 2.75) is 24.0 Å². The third-order valence-electron chi connectivity index (χ3n) is 2.26. The van der Waals surface area contributed by atoms with E-state index in [0.29, 0.717) is 6.07 Å². The standard InChI is InChI=1S/C10H12F4N2O2S.ClH/c1-6(5-15)16-19(17,18)7-2-3-9(11)8(4-7)10(12,13)14;/h2-4,6,16H,5,15H2,1H3;1H/t6-;/m0./s1. The first-order chi connectivity index (χ1) is 8.58. The van der Waals surface area contributed by atoms with Crippen LogP contribution in [0.25, 0.3) is 0 Å². The number of sulfonamides is 1. The molecule has 0 aliphatic rings. The van der Waals surface area contributed by atoms with Gasteiger partial charge in [0.15, 0.2) is 0 Å². The summed E-state index contributed by atoms with van der Waals surface area (Å²) in [4.78, 5) is -0.665. The normalized spacial score (nSPS) is 13.7. The van der Waals surface area contributed by atoms with Gasteiger partial charge in [-0.05, 0) is 25.1 Å². The molecule has 0 aromatic heterocycles. The zero-order chi connectivity index (χ0) is 14.8. The van der Waals surface area contributed by atoms with Crippen molar-refractivity contribution >= 4 is 22.4 Å². The third-order valence-corrected chi connectivity index (χ3v) is 3.85. The molecule has 1 aromatic carbocycles. The van der Waals surface area contributed by atoms with Crippen LogP contribution < -0.4 is 10.5 Å². The Labute approximate surface area is 119 Å². The molecule has 0 aliphatic carbocycles. The van der Waals surface area contributed by atoms with E-state index in [1.165, 1.54) is 6.92 Å². The number of rotatable bonds is 4. The van der Waals surface area contributed by atoms with E-state index in [9.17, 15) is 26.0 Å². The first kappa shape index (κ1) is 19.1. The molecule has 20 heavy (non-hydrogen) atoms. The van der Waals surface area contributed by atoms with Gasteiger partial charge in [-0.3, -0.25) is 0 Å². The van der Waals surface area contributed by atoms with Crippen molar-refractivity contribution < 1.29 is 26.0 Å². The lowest BCUT2D eigenvalue weighted by atomic mass is 10.2. The molecule has 4 nitrogen and oxygen atoms in total. The predicted molar refractivity (Wildman–Crippen MR) is 67.5 cm³/mol. The lowest BCUT2D eigenvalue weighted by Gasteiger charge is -2.14. The van der Waals surface area contributed by atoms with Crippen LogP contribution >= 0.6 is 12.4 Å². The summed E-state index contributed by atoms with van der Waals surface area (Å²) in [5.41, 5.74) is 3.58. The van der Waals surface area contributed by atoms with Gasteiger partial charge in [0.1, 0.15) is 5.82 Å². The van der Waals surface area contributed by atoms with Crippen LogP contribution in [0.1, 0.15) is 12.5 Å². The fraction of sp³-hybridized carbons (Fsp3) is 0.400. The number of halogens is 5. The topological polar surface area (TPSA) is 72.2 Å². The van der Waals surface area contributed by atoms with Gasteiger partial charge in [0.2, 0.25) is 10.0 Å². The maximum Gasteiger partial charge on any atom is 0.419 e. The minimum absolute atomic E-state index is 0. The summed E-state index contributed by atoms with van der Waals surface area (Å²) in [7, 11) is -4.17. The smallest absolute Gasteiger partial charge is 0.329 e. The van der Waals surface area contributed by atoms with Crippen LogP contribution in [0.15, 0.2) is 23.1 Å². The Morgan fingerprint density at radius 2 is 1.90 bits per heavy atom. The average Bonchev–Trinajstić information content (AvgIpc) is 2.26. The molecular formula is C10H13ClF4N2O2S. The van der Waals surface area contributed by atoms with Gasteiger partial charge < -0.3 is 5.73 Å². The summed E-state index contributed by atoms with van der Waals surface area (Å²) >= 11 is 0. The molecule has 10 heteroatoms. The minimum atomic E-state index is -4.96. The largest absolute Gasteiger partial charge is 0.419 e. The molecule has 116 valence electrons. The van der Waals surface area contributed by atoms with Crippen molar-refractivity contribution in [1.82, 2.24) is 4.72 Å². The van der Waals surface area contributed by atoms with Crippen LogP contribution in [0.4, 0.5) is 17.6 Å². The Morgan fingerprint density at radius 1 is 1.35 bits per heavy atom. The second kappa shape index (κ2) is 6.70. The zero-order valence-electron chi connectivity index (χ0n) is 10.2. The fourth-order valence-electron chi connectivity index (χ4n) is 1.27. The second-order valence-electron chi connectivity index (χ2n) is 3.90. The number of benzene rings is 1. The van der Waals surface area contributed by atoms with E-state index in [2.05, 4.69) is 4.72 Å². The summed E-state index contributed by atoms with van der Waals surface area (Å²) in [5, 5.41) is 0. The van der Waals surface area contributed by atoms with Crippen LogP contribution in [0.2, 0.25) is 0 Å². The van der Waals surface area contributed by atoms with Crippen molar-refractivity contribution in [2.24, 2.45) is 5.73 Å². The molecule has 0 fully saturated rings. The van der Waals surface area contributed by atoms with Crippen LogP contribution in [0.3, 0.4) is 0 Å². The van der Waals surface area contributed by atoms with Crippen LogP contribution in [-0.4, -0.2) is 21.0 Å². The Balaban J connectivity index is 0.00000361. The van der Waals surface area contributed by atoms with E-state index in [-0.39, 0.29) is 25.0 Å². The number of alkyl halides is 3. The summed E-state index contributed by atoms with van der Waals surface area (Å²) in [6.45, 7) is 1.43. The molecule has 0 aliphatic heterocycles. The van der Waals surface area contributed by atoms with Gasteiger partial charge in [-0.1, -0.05) is 0 Å². The van der Waals surface area contributed by atoms with Crippen molar-refractivity contribution in [2.75, 3.05) is 6.54 Å². The molecule has 0 amide bonds. The van der Waals surface area contributed by atoms with Gasteiger partial charge in [-0.2, -0.15) is 13.2 Å². The molecule has 0 unspecified atom stereocenters. The van der Waals surface area contributed by atoms with Crippen molar-refractivity contribution in [3.05, 3.63) is 29.6 Å². The Bertz CT molecular complexity index is 563. The SMILES string of the molecule is C[C@@H](CN)NS(=O)(=O)c1ccc(F)c(C(F)(F)F)c1.Cl. The Morgan fingerprint density at radius 3 is 2.35 bits per heavy atom. The lowest BCUT2D eigenvalue weighted by Crippen LogP contribution is -2.37. The summed E-state index contributed by atoms with van der Waals surface area (Å²) < 4.78 is 76.0. The van der Waals surface area contributed by atoms with Crippen molar-refractivity contribution in [3.8, 4) is 0 Å². The predicted octanol–water partition coefficient (Wildman–Crippen LogP) is 1.89. The Hall–Kier alpha value is -0.900. The molecule has 1 atom stereocenters. The van der Waals surface area contributed by atoms with E-state index in [1.54, 1.807) is 0 Å². The molecule has 0 radical (unpaired) electrons. The molecule has 0 spiro atoms. The number of hydrogen-bond acceptors (Lipinski definition) is 3. The molecule has 0 bridgehead atoms. The van der Waals surface area contributed by atoms with E-state index < -0.39 is 38.5 Å². The van der Waals surface area contributed by atoms with Gasteiger partial charge in [0, 0.05) is 12.6 Å². The number of hydrogen-bond donors (Lipinski definition) is 2. The molecule has 1 aromatic rings. The molecule has 0 heterocycles. The second-order valence-corrected chi connectivity index (χ2v) is 5.61. The molecule has 3 N–H and O–H groups in total. The van der Waals surface area contributed by atoms with E-state index in [1.807, 2.05) is 0 Å². The van der Waals surface area contributed by atoms with Crippen LogP contribution in [-0.2, 0) is 16.2 Å². The molecule has 0 saturated carbocycles. The first-order valence-electron chi connectivity index (χ1n) is 5.17. The molecule has 0 saturated heterocycles. The highest BCUT2D eigenvalue weighted by molar-refractivity contribution is 7.89. The Kier molecular flexibility index (Phi) is 6.40. The van der Waals surface area contributed by atoms with Crippen LogP contribution in [0.5, 0.6) is 0 Å². The summed E-state index contributed by atoms with van der Waals surface area (Å²) in [6, 6.07) is 0.825. The summed E-state index contributed by atoms with van der Waals surface area (Å²) in [6.07, 6.45) is -4.96. The number of nitrogens with one attached hydrogen (secondary N) is 1. The minimum Gasteiger partial charge on any atom is -0.329 e. The maximum atomic E-state index is 13.0. The lowest BCUT2D eigenvalue weighted by molar-refractivity contribution is -0.140. The molecule has 1 rings (SSSR count). The third kappa shape index (κ3) is 4.58. The number of nitrogens with two attached hydrogens (primary N) is 1. The quantitative estimate of drug-likeness (QED) is 0.825. The van der Waals surface area contributed by atoms with Crippen LogP contribution in [0, 0.1) is 5.82 Å². The van der Waals surface area contributed by atoms with Gasteiger partial charge in [0.05, 0.1) is 10.5 Å². The monoisotopic (exact) mass is 336 g/mol. The van der Waals surface area contributed by atoms with E-state index in [0.717, 1.165) is 6.07 Å². The highest BCUT2D eigenvalue weighted by atomic mass is 35.5. The average molecular weight is 337 g/mol. The van der Waals surface area contributed by atoms with Crippen molar-refractivity contribution in [1.29, 1.82) is 0 Å². The van der Waals surface area contributed by atoms with E-state index >= 15 is 0 Å². The summed E-state index contributed by atoms with van der Waals surface area (Å²) in [5.74, 6) is -1.53. The van der Waals surface area contributed by atoms with Gasteiger partial charge >= 0.3 is 6.18 Å². The highest BCUT2D eigenvalue weighted by Crippen LogP contribution is 2.32. The maximum absolute atomic E-state index is 13.0. The van der Waals surface area contributed by atoms with Crippen molar-refractivity contribution in [3.63, 3.8) is 0 Å². The van der Waals surface area contributed by atoms with Gasteiger partial charge in [0.25, 0.3) is 0 Å². The van der Waals surface area contributed by atoms with E-state index in [4.69, 9.17) is 5.73 Å². The zero-order valence-corrected chi connectivity index (χ0v) is 11.9. The molecular weight excluding hydrogens is 324 g/mol.